The number of nitrogens with one attached hydrogen (secondary N) is 3. The summed E-state index contributed by atoms with van der Waals surface area (Å²) in [5, 5.41) is 19.5. The van der Waals surface area contributed by atoms with Crippen LogP contribution in [0.2, 0.25) is 5.02 Å². The Balaban J connectivity index is 2.15. The van der Waals surface area contributed by atoms with Gasteiger partial charge in [0.15, 0.2) is 5.11 Å². The van der Waals surface area contributed by atoms with Gasteiger partial charge in [0.25, 0.3) is 11.6 Å². The van der Waals surface area contributed by atoms with E-state index in [9.17, 15) is 14.9 Å². The van der Waals surface area contributed by atoms with Crippen molar-refractivity contribution in [2.24, 2.45) is 0 Å². The maximum Gasteiger partial charge on any atom is 0.282 e. The number of thiocarbonyl (C=S) groups is 1. The van der Waals surface area contributed by atoms with Gasteiger partial charge >= 0.3 is 0 Å². The molecule has 28 heavy (non-hydrogen) atoms. The fourth-order valence-corrected chi connectivity index (χ4v) is 2.85. The van der Waals surface area contributed by atoms with Crippen LogP contribution >= 0.6 is 58.6 Å². The van der Waals surface area contributed by atoms with Gasteiger partial charge in [-0.05, 0) is 36.5 Å². The molecule has 148 valence electrons. The van der Waals surface area contributed by atoms with E-state index in [1.165, 1.54) is 24.3 Å². The largest absolute Gasteiger partial charge is 0.339 e. The van der Waals surface area contributed by atoms with Crippen molar-refractivity contribution in [3.8, 4) is 0 Å². The highest BCUT2D eigenvalue weighted by Gasteiger charge is 2.36. The number of benzene rings is 2. The number of rotatable bonds is 5. The molecule has 0 aromatic heterocycles. The summed E-state index contributed by atoms with van der Waals surface area (Å²) in [7, 11) is 0. The Hall–Kier alpha value is -1.84. The molecule has 0 saturated carbocycles. The van der Waals surface area contributed by atoms with Crippen LogP contribution in [0, 0.1) is 10.1 Å². The topological polar surface area (TPSA) is 96.3 Å². The first-order valence-corrected chi connectivity index (χ1v) is 9.44. The second-order valence-electron chi connectivity index (χ2n) is 5.33. The predicted molar refractivity (Wildman–Crippen MR) is 115 cm³/mol. The standard InChI is InChI=1S/C16H12Cl4N4O3S/c17-9-4-3-5-10(8-9)21-15(28)23-14(16(18,19)20)22-13(25)11-6-1-2-7-12(11)24(26)27/h1-8,14H,(H,22,25)(H2,21,23,28). The van der Waals surface area contributed by atoms with Gasteiger partial charge in [0.1, 0.15) is 11.7 Å². The highest BCUT2D eigenvalue weighted by molar-refractivity contribution is 7.80. The minimum atomic E-state index is -2.01. The zero-order valence-corrected chi connectivity index (χ0v) is 17.6. The van der Waals surface area contributed by atoms with Gasteiger partial charge in [-0.2, -0.15) is 0 Å². The molecule has 0 aliphatic rings. The molecule has 2 aromatic rings. The van der Waals surface area contributed by atoms with Crippen LogP contribution in [0.1, 0.15) is 10.4 Å². The molecular weight excluding hydrogens is 470 g/mol. The smallest absolute Gasteiger partial charge is 0.282 e. The Morgan fingerprint density at radius 2 is 1.79 bits per heavy atom. The number of carbonyl (C=O) groups is 1. The van der Waals surface area contributed by atoms with E-state index in [1.54, 1.807) is 24.3 Å². The fourth-order valence-electron chi connectivity index (χ4n) is 2.10. The molecule has 1 atom stereocenters. The van der Waals surface area contributed by atoms with Crippen LogP contribution in [0.15, 0.2) is 48.5 Å². The maximum atomic E-state index is 12.5. The summed E-state index contributed by atoms with van der Waals surface area (Å²) >= 11 is 28.8. The zero-order chi connectivity index (χ0) is 20.9. The van der Waals surface area contributed by atoms with Crippen molar-refractivity contribution in [3.05, 3.63) is 69.2 Å². The predicted octanol–water partition coefficient (Wildman–Crippen LogP) is 4.66. The van der Waals surface area contributed by atoms with Crippen molar-refractivity contribution in [1.82, 2.24) is 10.6 Å². The van der Waals surface area contributed by atoms with E-state index in [1.807, 2.05) is 0 Å². The molecule has 0 aliphatic heterocycles. The number of para-hydroxylation sites is 1. The van der Waals surface area contributed by atoms with E-state index in [0.717, 1.165) is 0 Å². The van der Waals surface area contributed by atoms with Crippen molar-refractivity contribution in [2.45, 2.75) is 9.96 Å². The minimum Gasteiger partial charge on any atom is -0.339 e. The Labute approximate surface area is 185 Å². The van der Waals surface area contributed by atoms with E-state index >= 15 is 0 Å². The third kappa shape index (κ3) is 6.35. The lowest BCUT2D eigenvalue weighted by Gasteiger charge is -2.27. The molecule has 0 bridgehead atoms. The van der Waals surface area contributed by atoms with Crippen molar-refractivity contribution in [3.63, 3.8) is 0 Å². The van der Waals surface area contributed by atoms with Gasteiger partial charge in [0, 0.05) is 16.8 Å². The Kier molecular flexibility index (Phi) is 7.68. The van der Waals surface area contributed by atoms with Gasteiger partial charge in [0.05, 0.1) is 4.92 Å². The molecule has 0 aliphatic carbocycles. The van der Waals surface area contributed by atoms with E-state index in [-0.39, 0.29) is 16.4 Å². The fraction of sp³-hybridized carbons (Fsp3) is 0.125. The number of anilines is 1. The van der Waals surface area contributed by atoms with Gasteiger partial charge in [0.2, 0.25) is 3.79 Å². The first-order chi connectivity index (χ1) is 13.1. The van der Waals surface area contributed by atoms with Crippen LogP contribution in [-0.2, 0) is 0 Å². The molecule has 12 heteroatoms. The van der Waals surface area contributed by atoms with E-state index in [0.29, 0.717) is 10.7 Å². The SMILES string of the molecule is O=C(NC(NC(=S)Nc1cccc(Cl)c1)C(Cl)(Cl)Cl)c1ccccc1[N+](=O)[O-]. The number of alkyl halides is 3. The number of nitro benzene ring substituents is 1. The number of hydrogen-bond acceptors (Lipinski definition) is 4. The number of halogens is 4. The number of nitro groups is 1. The van der Waals surface area contributed by atoms with Crippen molar-refractivity contribution in [1.29, 1.82) is 0 Å². The molecule has 0 heterocycles. The van der Waals surface area contributed by atoms with Crippen molar-refractivity contribution < 1.29 is 9.72 Å². The first kappa shape index (κ1) is 22.4. The molecule has 1 amide bonds. The van der Waals surface area contributed by atoms with E-state index in [2.05, 4.69) is 16.0 Å². The number of hydrogen-bond donors (Lipinski definition) is 3. The monoisotopic (exact) mass is 480 g/mol. The minimum absolute atomic E-state index is 0.0291. The summed E-state index contributed by atoms with van der Waals surface area (Å²) in [5.41, 5.74) is -0.0111. The Morgan fingerprint density at radius 3 is 2.39 bits per heavy atom. The summed E-state index contributed by atoms with van der Waals surface area (Å²) in [5.74, 6) is -0.818. The summed E-state index contributed by atoms with van der Waals surface area (Å²) < 4.78 is -2.01. The van der Waals surface area contributed by atoms with Gasteiger partial charge in [-0.15, -0.1) is 0 Å². The van der Waals surface area contributed by atoms with Crippen LogP contribution in [0.4, 0.5) is 11.4 Å². The molecule has 0 saturated heterocycles. The molecular formula is C16H12Cl4N4O3S. The number of nitrogens with zero attached hydrogens (tertiary/aromatic N) is 1. The highest BCUT2D eigenvalue weighted by Crippen LogP contribution is 2.30. The Bertz CT molecular complexity index is 907. The van der Waals surface area contributed by atoms with Crippen LogP contribution in [-0.4, -0.2) is 25.9 Å². The van der Waals surface area contributed by atoms with E-state index < -0.39 is 20.8 Å². The lowest BCUT2D eigenvalue weighted by Crippen LogP contribution is -2.56. The van der Waals surface area contributed by atoms with Crippen molar-refractivity contribution >= 4 is 81.0 Å². The number of amides is 1. The lowest BCUT2D eigenvalue weighted by atomic mass is 10.1. The lowest BCUT2D eigenvalue weighted by molar-refractivity contribution is -0.385. The van der Waals surface area contributed by atoms with Gasteiger partial charge < -0.3 is 16.0 Å². The van der Waals surface area contributed by atoms with Crippen LogP contribution in [0.3, 0.4) is 0 Å². The summed E-state index contributed by atoms with van der Waals surface area (Å²) in [6.45, 7) is 0. The first-order valence-electron chi connectivity index (χ1n) is 7.52. The quantitative estimate of drug-likeness (QED) is 0.189. The average molecular weight is 482 g/mol. The van der Waals surface area contributed by atoms with Crippen LogP contribution < -0.4 is 16.0 Å². The summed E-state index contributed by atoms with van der Waals surface area (Å²) in [6.07, 6.45) is -1.29. The number of carbonyl (C=O) groups excluding carboxylic acids is 1. The molecule has 0 radical (unpaired) electrons. The molecule has 3 N–H and O–H groups in total. The summed E-state index contributed by atoms with van der Waals surface area (Å²) in [4.78, 5) is 22.9. The van der Waals surface area contributed by atoms with Gasteiger partial charge in [-0.3, -0.25) is 14.9 Å². The highest BCUT2D eigenvalue weighted by atomic mass is 35.6. The molecule has 2 aromatic carbocycles. The second-order valence-corrected chi connectivity index (χ2v) is 8.54. The zero-order valence-electron chi connectivity index (χ0n) is 13.8. The average Bonchev–Trinajstić information content (AvgIpc) is 2.60. The molecule has 1 unspecified atom stereocenters. The second kappa shape index (κ2) is 9.58. The molecule has 7 nitrogen and oxygen atoms in total. The maximum absolute atomic E-state index is 12.5. The summed E-state index contributed by atoms with van der Waals surface area (Å²) in [6, 6.07) is 12.1. The van der Waals surface area contributed by atoms with Gasteiger partial charge in [-0.1, -0.05) is 64.6 Å². The molecule has 0 spiro atoms. The van der Waals surface area contributed by atoms with Crippen LogP contribution in [0.5, 0.6) is 0 Å². The normalized spacial score (nSPS) is 12.0. The third-order valence-corrected chi connectivity index (χ3v) is 4.42. The van der Waals surface area contributed by atoms with Gasteiger partial charge in [-0.25, -0.2) is 0 Å². The Morgan fingerprint density at radius 1 is 1.11 bits per heavy atom. The van der Waals surface area contributed by atoms with Crippen LogP contribution in [0.25, 0.3) is 0 Å². The van der Waals surface area contributed by atoms with E-state index in [4.69, 9.17) is 58.6 Å². The van der Waals surface area contributed by atoms with Crippen molar-refractivity contribution in [2.75, 3.05) is 5.32 Å². The third-order valence-electron chi connectivity index (χ3n) is 3.31. The molecule has 0 fully saturated rings. The molecule has 2 rings (SSSR count).